The van der Waals surface area contributed by atoms with Crippen LogP contribution >= 0.6 is 0 Å². The Bertz CT molecular complexity index is 606. The predicted molar refractivity (Wildman–Crippen MR) is 107 cm³/mol. The van der Waals surface area contributed by atoms with Gasteiger partial charge in [0.25, 0.3) is 0 Å². The van der Waals surface area contributed by atoms with Crippen LogP contribution in [0.2, 0.25) is 0 Å². The summed E-state index contributed by atoms with van der Waals surface area (Å²) in [6, 6.07) is 1.78. The number of anilines is 1. The van der Waals surface area contributed by atoms with E-state index in [1.54, 1.807) is 13.2 Å². The van der Waals surface area contributed by atoms with Gasteiger partial charge in [-0.2, -0.15) is 0 Å². The minimum Gasteiger partial charge on any atom is -0.382 e. The van der Waals surface area contributed by atoms with Gasteiger partial charge in [-0.05, 0) is 31.6 Å². The molecule has 1 aromatic heterocycles. The highest BCUT2D eigenvalue weighted by atomic mass is 16.5. The summed E-state index contributed by atoms with van der Waals surface area (Å²) in [5.74, 6) is 0.983. The van der Waals surface area contributed by atoms with Crippen molar-refractivity contribution in [3.8, 4) is 0 Å². The highest BCUT2D eigenvalue weighted by Gasteiger charge is 2.31. The second kappa shape index (κ2) is 10.4. The predicted octanol–water partition coefficient (Wildman–Crippen LogP) is 3.79. The molecule has 2 heterocycles. The first-order chi connectivity index (χ1) is 13.2. The third-order valence-corrected chi connectivity index (χ3v) is 5.47. The van der Waals surface area contributed by atoms with E-state index in [1.165, 1.54) is 0 Å². The Labute approximate surface area is 168 Å². The maximum atomic E-state index is 12.7. The Morgan fingerprint density at radius 3 is 2.64 bits per heavy atom. The Morgan fingerprint density at radius 2 is 1.96 bits per heavy atom. The van der Waals surface area contributed by atoms with E-state index in [1.807, 2.05) is 27.7 Å². The van der Waals surface area contributed by atoms with Crippen LogP contribution in [-0.2, 0) is 24.4 Å². The van der Waals surface area contributed by atoms with Crippen molar-refractivity contribution in [3.63, 3.8) is 0 Å². The van der Waals surface area contributed by atoms with E-state index in [9.17, 15) is 4.79 Å². The van der Waals surface area contributed by atoms with Gasteiger partial charge in [-0.25, -0.2) is 0 Å². The lowest BCUT2D eigenvalue weighted by molar-refractivity contribution is -0.124. The first-order valence-corrected chi connectivity index (χ1v) is 10.2. The molecule has 1 fully saturated rings. The average molecular weight is 397 g/mol. The smallest absolute Gasteiger partial charge is 0.232 e. The molecule has 1 saturated heterocycles. The lowest BCUT2D eigenvalue weighted by Crippen LogP contribution is -2.31. The van der Waals surface area contributed by atoms with Crippen molar-refractivity contribution in [1.29, 1.82) is 0 Å². The van der Waals surface area contributed by atoms with E-state index in [2.05, 4.69) is 10.5 Å². The number of carbonyl (C=O) groups excluding carboxylic acids is 1. The monoisotopic (exact) mass is 396 g/mol. The quantitative estimate of drug-likeness (QED) is 0.573. The summed E-state index contributed by atoms with van der Waals surface area (Å²) in [4.78, 5) is 12.7. The topological polar surface area (TPSA) is 82.8 Å². The van der Waals surface area contributed by atoms with Crippen LogP contribution in [0.3, 0.4) is 0 Å². The molecule has 1 amide bonds. The van der Waals surface area contributed by atoms with Crippen LogP contribution in [0.5, 0.6) is 0 Å². The van der Waals surface area contributed by atoms with Gasteiger partial charge in [-0.1, -0.05) is 32.9 Å². The van der Waals surface area contributed by atoms with Crippen molar-refractivity contribution >= 4 is 11.8 Å². The Kier molecular flexibility index (Phi) is 8.46. The molecule has 7 heteroatoms. The van der Waals surface area contributed by atoms with E-state index >= 15 is 0 Å². The number of aromatic nitrogens is 1. The van der Waals surface area contributed by atoms with Crippen molar-refractivity contribution < 1.29 is 23.5 Å². The van der Waals surface area contributed by atoms with Crippen LogP contribution in [0.25, 0.3) is 0 Å². The number of ether oxygens (including phenoxy) is 3. The molecule has 28 heavy (non-hydrogen) atoms. The van der Waals surface area contributed by atoms with Crippen molar-refractivity contribution in [3.05, 3.63) is 11.8 Å². The van der Waals surface area contributed by atoms with E-state index in [-0.39, 0.29) is 11.3 Å². The minimum atomic E-state index is -0.468. The largest absolute Gasteiger partial charge is 0.382 e. The molecule has 1 N–H and O–H groups in total. The number of rotatable bonds is 11. The summed E-state index contributed by atoms with van der Waals surface area (Å²) in [7, 11) is 1.65. The van der Waals surface area contributed by atoms with Gasteiger partial charge < -0.3 is 18.7 Å². The normalized spacial score (nSPS) is 16.3. The number of amides is 1. The molecule has 2 rings (SSSR count). The standard InChI is InChI=1S/C21H36N2O5/c1-20(2,9-6-16-7-10-26-11-8-16)19(24)22-18-14-17(23-28-18)21(3,4)15-27-13-12-25-5/h14,16H,6-13,15H2,1-5H3,(H,22,24). The Hall–Kier alpha value is -1.44. The third-order valence-electron chi connectivity index (χ3n) is 5.47. The number of nitrogens with zero attached hydrogens (tertiary/aromatic N) is 1. The summed E-state index contributed by atoms with van der Waals surface area (Å²) < 4.78 is 21.4. The summed E-state index contributed by atoms with van der Waals surface area (Å²) >= 11 is 0. The molecule has 7 nitrogen and oxygen atoms in total. The molecule has 1 aliphatic rings. The van der Waals surface area contributed by atoms with Gasteiger partial charge in [-0.3, -0.25) is 10.1 Å². The van der Waals surface area contributed by atoms with Crippen LogP contribution in [0.1, 0.15) is 59.1 Å². The van der Waals surface area contributed by atoms with Gasteiger partial charge in [0.15, 0.2) is 0 Å². The zero-order chi connectivity index (χ0) is 20.6. The van der Waals surface area contributed by atoms with Gasteiger partial charge in [0.2, 0.25) is 11.8 Å². The fourth-order valence-corrected chi connectivity index (χ4v) is 3.19. The molecule has 0 radical (unpaired) electrons. The number of hydrogen-bond donors (Lipinski definition) is 1. The summed E-state index contributed by atoms with van der Waals surface area (Å²) in [6.07, 6.45) is 4.05. The second-order valence-electron chi connectivity index (χ2n) is 8.94. The van der Waals surface area contributed by atoms with Gasteiger partial charge in [0, 0.05) is 37.2 Å². The van der Waals surface area contributed by atoms with Crippen molar-refractivity contribution in [2.45, 2.75) is 58.8 Å². The molecule has 0 unspecified atom stereocenters. The molecule has 1 aliphatic heterocycles. The van der Waals surface area contributed by atoms with Crippen LogP contribution < -0.4 is 5.32 Å². The van der Waals surface area contributed by atoms with Crippen molar-refractivity contribution in [2.24, 2.45) is 11.3 Å². The molecule has 0 spiro atoms. The first-order valence-electron chi connectivity index (χ1n) is 10.2. The molecule has 1 aromatic rings. The van der Waals surface area contributed by atoms with Crippen molar-refractivity contribution in [1.82, 2.24) is 5.16 Å². The molecular formula is C21H36N2O5. The van der Waals surface area contributed by atoms with Crippen LogP contribution in [-0.4, -0.2) is 51.2 Å². The summed E-state index contributed by atoms with van der Waals surface area (Å²) in [5.41, 5.74) is -0.0386. The van der Waals surface area contributed by atoms with Crippen LogP contribution in [0, 0.1) is 11.3 Å². The summed E-state index contributed by atoms with van der Waals surface area (Å²) in [6.45, 7) is 11.3. The molecule has 0 saturated carbocycles. The van der Waals surface area contributed by atoms with Gasteiger partial charge in [0.1, 0.15) is 0 Å². The lowest BCUT2D eigenvalue weighted by Gasteiger charge is -2.27. The molecule has 0 aromatic carbocycles. The second-order valence-corrected chi connectivity index (χ2v) is 8.94. The zero-order valence-corrected chi connectivity index (χ0v) is 18.0. The minimum absolute atomic E-state index is 0.0450. The fraction of sp³-hybridized carbons (Fsp3) is 0.810. The average Bonchev–Trinajstić information content (AvgIpc) is 3.14. The first kappa shape index (κ1) is 22.8. The highest BCUT2D eigenvalue weighted by molar-refractivity contribution is 5.93. The number of carbonyl (C=O) groups is 1. The highest BCUT2D eigenvalue weighted by Crippen LogP contribution is 2.31. The van der Waals surface area contributed by atoms with E-state index < -0.39 is 5.41 Å². The Morgan fingerprint density at radius 1 is 1.25 bits per heavy atom. The van der Waals surface area contributed by atoms with Crippen LogP contribution in [0.15, 0.2) is 10.6 Å². The summed E-state index contributed by atoms with van der Waals surface area (Å²) in [5, 5.41) is 7.01. The number of methoxy groups -OCH3 is 1. The maximum Gasteiger partial charge on any atom is 0.232 e. The van der Waals surface area contributed by atoms with Gasteiger partial charge >= 0.3 is 0 Å². The SMILES string of the molecule is COCCOCC(C)(C)c1cc(NC(=O)C(C)(C)CCC2CCOCC2)on1. The van der Waals surface area contributed by atoms with E-state index in [0.717, 1.165) is 44.6 Å². The van der Waals surface area contributed by atoms with E-state index in [4.69, 9.17) is 18.7 Å². The van der Waals surface area contributed by atoms with Gasteiger partial charge in [0.05, 0.1) is 25.5 Å². The molecular weight excluding hydrogens is 360 g/mol. The zero-order valence-electron chi connectivity index (χ0n) is 18.0. The van der Waals surface area contributed by atoms with E-state index in [0.29, 0.717) is 31.6 Å². The Balaban J connectivity index is 1.85. The lowest BCUT2D eigenvalue weighted by atomic mass is 9.82. The molecule has 0 bridgehead atoms. The fourth-order valence-electron chi connectivity index (χ4n) is 3.19. The van der Waals surface area contributed by atoms with Crippen LogP contribution in [0.4, 0.5) is 5.88 Å². The van der Waals surface area contributed by atoms with Crippen molar-refractivity contribution in [2.75, 3.05) is 45.5 Å². The molecule has 0 atom stereocenters. The third kappa shape index (κ3) is 6.87. The maximum absolute atomic E-state index is 12.7. The number of nitrogens with one attached hydrogen (secondary N) is 1. The number of hydrogen-bond acceptors (Lipinski definition) is 6. The molecule has 160 valence electrons. The molecule has 0 aliphatic carbocycles. The van der Waals surface area contributed by atoms with Gasteiger partial charge in [-0.15, -0.1) is 0 Å².